The zero-order chi connectivity index (χ0) is 19.6. The molecule has 0 spiro atoms. The normalized spacial score (nSPS) is 16.2. The summed E-state index contributed by atoms with van der Waals surface area (Å²) < 4.78 is 11.3. The third kappa shape index (κ3) is 4.14. The molecule has 7 nitrogen and oxygen atoms in total. The molecule has 2 heterocycles. The summed E-state index contributed by atoms with van der Waals surface area (Å²) in [4.78, 5) is 25.1. The molecule has 3 rings (SSSR count). The van der Waals surface area contributed by atoms with Crippen LogP contribution in [0.2, 0.25) is 0 Å². The number of furan rings is 1. The summed E-state index contributed by atoms with van der Waals surface area (Å²) in [6, 6.07) is 9.17. The number of aliphatic hydroxyl groups is 1. The minimum Gasteiger partial charge on any atom is -0.485 e. The molecule has 2 aromatic rings. The number of rotatable bonds is 5. The first-order chi connectivity index (χ1) is 12.8. The van der Waals surface area contributed by atoms with Gasteiger partial charge in [0.15, 0.2) is 11.4 Å². The number of carbonyl (C=O) groups is 2. The van der Waals surface area contributed by atoms with Crippen molar-refractivity contribution < 1.29 is 29.0 Å². The molecule has 1 saturated heterocycles. The van der Waals surface area contributed by atoms with E-state index in [0.29, 0.717) is 5.76 Å². The monoisotopic (exact) mass is 373 g/mol. The Balaban J connectivity index is 1.59. The van der Waals surface area contributed by atoms with Crippen LogP contribution in [0.4, 0.5) is 0 Å². The molecule has 0 saturated carbocycles. The van der Waals surface area contributed by atoms with E-state index in [-0.39, 0.29) is 44.2 Å². The van der Waals surface area contributed by atoms with Crippen molar-refractivity contribution in [2.75, 3.05) is 13.1 Å². The maximum Gasteiger partial charge on any atom is 0.335 e. The Labute approximate surface area is 157 Å². The molecule has 0 atom stereocenters. The van der Waals surface area contributed by atoms with Crippen LogP contribution < -0.4 is 4.74 Å². The fourth-order valence-electron chi connectivity index (χ4n) is 3.13. The smallest absolute Gasteiger partial charge is 0.335 e. The van der Waals surface area contributed by atoms with Crippen LogP contribution in [0.25, 0.3) is 0 Å². The van der Waals surface area contributed by atoms with Crippen LogP contribution >= 0.6 is 0 Å². The maximum absolute atomic E-state index is 12.5. The van der Waals surface area contributed by atoms with Crippen molar-refractivity contribution in [2.24, 2.45) is 0 Å². The average molecular weight is 373 g/mol. The Morgan fingerprint density at radius 2 is 1.89 bits per heavy atom. The van der Waals surface area contributed by atoms with Crippen LogP contribution in [-0.4, -0.2) is 45.7 Å². The molecular weight excluding hydrogens is 350 g/mol. The molecule has 7 heteroatoms. The Hall–Kier alpha value is -2.80. The number of hydrogen-bond acceptors (Lipinski definition) is 5. The number of likely N-dealkylation sites (tertiary alicyclic amines) is 1. The fraction of sp³-hybridized carbons (Fsp3) is 0.400. The molecular formula is C20H23NO6. The summed E-state index contributed by atoms with van der Waals surface area (Å²) in [6.07, 6.45) is -0.00506. The molecule has 0 bridgehead atoms. The quantitative estimate of drug-likeness (QED) is 0.835. The van der Waals surface area contributed by atoms with E-state index in [1.165, 1.54) is 4.90 Å². The standard InChI is InChI=1S/C20H23NO6/c1-13-3-5-16(14(2)11-13)26-12-15-4-6-17(27-15)18(22)21-9-7-20(25,8-10-21)19(23)24/h3-6,11,25H,7-10,12H2,1-2H3,(H,23,24). The molecule has 1 amide bonds. The first kappa shape index (κ1) is 19.0. The van der Waals surface area contributed by atoms with Crippen LogP contribution in [0.3, 0.4) is 0 Å². The number of nitrogens with zero attached hydrogens (tertiary/aromatic N) is 1. The zero-order valence-electron chi connectivity index (χ0n) is 15.4. The zero-order valence-corrected chi connectivity index (χ0v) is 15.4. The lowest BCUT2D eigenvalue weighted by Gasteiger charge is -2.34. The van der Waals surface area contributed by atoms with Crippen LogP contribution in [-0.2, 0) is 11.4 Å². The number of carboxylic acids is 1. The van der Waals surface area contributed by atoms with E-state index >= 15 is 0 Å². The molecule has 0 radical (unpaired) electrons. The Morgan fingerprint density at radius 1 is 1.19 bits per heavy atom. The van der Waals surface area contributed by atoms with Gasteiger partial charge in [0, 0.05) is 25.9 Å². The molecule has 1 aliphatic heterocycles. The van der Waals surface area contributed by atoms with Crippen LogP contribution in [0.1, 0.15) is 40.3 Å². The summed E-state index contributed by atoms with van der Waals surface area (Å²) >= 11 is 0. The average Bonchev–Trinajstić information content (AvgIpc) is 3.10. The van der Waals surface area contributed by atoms with E-state index in [2.05, 4.69) is 0 Å². The van der Waals surface area contributed by atoms with Gasteiger partial charge in [0.1, 0.15) is 18.1 Å². The van der Waals surface area contributed by atoms with E-state index in [4.69, 9.17) is 14.3 Å². The van der Waals surface area contributed by atoms with Crippen LogP contribution in [0, 0.1) is 13.8 Å². The van der Waals surface area contributed by atoms with Crippen molar-refractivity contribution >= 4 is 11.9 Å². The molecule has 1 aliphatic rings. The van der Waals surface area contributed by atoms with Crippen LogP contribution in [0.5, 0.6) is 5.75 Å². The molecule has 1 fully saturated rings. The molecule has 27 heavy (non-hydrogen) atoms. The number of piperidine rings is 1. The van der Waals surface area contributed by atoms with Gasteiger partial charge in [-0.05, 0) is 37.6 Å². The lowest BCUT2D eigenvalue weighted by Crippen LogP contribution is -2.50. The van der Waals surface area contributed by atoms with Crippen molar-refractivity contribution in [1.29, 1.82) is 0 Å². The second kappa shape index (κ2) is 7.44. The Kier molecular flexibility index (Phi) is 5.23. The fourth-order valence-corrected chi connectivity index (χ4v) is 3.13. The summed E-state index contributed by atoms with van der Waals surface area (Å²) in [6.45, 7) is 4.51. The number of carbonyl (C=O) groups excluding carboxylic acids is 1. The molecule has 2 N–H and O–H groups in total. The van der Waals surface area contributed by atoms with Gasteiger partial charge in [-0.1, -0.05) is 17.7 Å². The third-order valence-electron chi connectivity index (χ3n) is 4.85. The number of hydrogen-bond donors (Lipinski definition) is 2. The highest BCUT2D eigenvalue weighted by Crippen LogP contribution is 2.25. The lowest BCUT2D eigenvalue weighted by molar-refractivity contribution is -0.162. The number of ether oxygens (including phenoxy) is 1. The summed E-state index contributed by atoms with van der Waals surface area (Å²) in [5, 5.41) is 19.0. The highest BCUT2D eigenvalue weighted by Gasteiger charge is 2.40. The molecule has 1 aromatic carbocycles. The van der Waals surface area contributed by atoms with Crippen molar-refractivity contribution in [3.8, 4) is 5.75 Å². The van der Waals surface area contributed by atoms with Gasteiger partial charge < -0.3 is 24.3 Å². The third-order valence-corrected chi connectivity index (χ3v) is 4.85. The van der Waals surface area contributed by atoms with E-state index in [1.807, 2.05) is 32.0 Å². The van der Waals surface area contributed by atoms with Crippen molar-refractivity contribution in [1.82, 2.24) is 4.90 Å². The highest BCUT2D eigenvalue weighted by molar-refractivity contribution is 5.91. The SMILES string of the molecule is Cc1ccc(OCc2ccc(C(=O)N3CCC(O)(C(=O)O)CC3)o2)c(C)c1. The molecule has 0 aliphatic carbocycles. The molecule has 0 unspecified atom stereocenters. The molecule has 1 aromatic heterocycles. The summed E-state index contributed by atoms with van der Waals surface area (Å²) in [5.74, 6) is -0.111. The van der Waals surface area contributed by atoms with Gasteiger partial charge in [-0.25, -0.2) is 4.79 Å². The highest BCUT2D eigenvalue weighted by atomic mass is 16.5. The van der Waals surface area contributed by atoms with Crippen molar-refractivity contribution in [3.05, 3.63) is 53.0 Å². The van der Waals surface area contributed by atoms with Crippen LogP contribution in [0.15, 0.2) is 34.7 Å². The van der Waals surface area contributed by atoms with Gasteiger partial charge in [0.25, 0.3) is 5.91 Å². The van der Waals surface area contributed by atoms with Crippen molar-refractivity contribution in [3.63, 3.8) is 0 Å². The first-order valence-electron chi connectivity index (χ1n) is 8.82. The van der Waals surface area contributed by atoms with E-state index in [1.54, 1.807) is 12.1 Å². The van der Waals surface area contributed by atoms with Gasteiger partial charge >= 0.3 is 5.97 Å². The van der Waals surface area contributed by atoms with E-state index in [0.717, 1.165) is 16.9 Å². The Bertz CT molecular complexity index is 848. The van der Waals surface area contributed by atoms with Gasteiger partial charge in [-0.3, -0.25) is 4.79 Å². The van der Waals surface area contributed by atoms with E-state index in [9.17, 15) is 14.7 Å². The number of amides is 1. The summed E-state index contributed by atoms with van der Waals surface area (Å²) in [7, 11) is 0. The van der Waals surface area contributed by atoms with Gasteiger partial charge in [0.05, 0.1) is 0 Å². The number of aliphatic carboxylic acids is 1. The van der Waals surface area contributed by atoms with Gasteiger partial charge in [-0.15, -0.1) is 0 Å². The maximum atomic E-state index is 12.5. The number of benzene rings is 1. The Morgan fingerprint density at radius 3 is 2.52 bits per heavy atom. The minimum atomic E-state index is -1.76. The summed E-state index contributed by atoms with van der Waals surface area (Å²) in [5.41, 5.74) is 0.421. The second-order valence-electron chi connectivity index (χ2n) is 6.95. The topological polar surface area (TPSA) is 100 Å². The predicted octanol–water partition coefficient (Wildman–Crippen LogP) is 2.53. The largest absolute Gasteiger partial charge is 0.485 e. The second-order valence-corrected chi connectivity index (χ2v) is 6.95. The van der Waals surface area contributed by atoms with E-state index < -0.39 is 11.6 Å². The van der Waals surface area contributed by atoms with Gasteiger partial charge in [-0.2, -0.15) is 0 Å². The van der Waals surface area contributed by atoms with Crippen molar-refractivity contribution in [2.45, 2.75) is 38.9 Å². The first-order valence-corrected chi connectivity index (χ1v) is 8.82. The number of carboxylic acid groups (broad SMARTS) is 1. The molecule has 144 valence electrons. The minimum absolute atomic E-state index is 0.00253. The predicted molar refractivity (Wildman–Crippen MR) is 96.7 cm³/mol. The number of aryl methyl sites for hydroxylation is 2. The lowest BCUT2D eigenvalue weighted by atomic mass is 9.91. The van der Waals surface area contributed by atoms with Gasteiger partial charge in [0.2, 0.25) is 0 Å².